The summed E-state index contributed by atoms with van der Waals surface area (Å²) in [5, 5.41) is 1.01. The largest absolute Gasteiger partial charge is 0.449 e. The zero-order valence-corrected chi connectivity index (χ0v) is 15.2. The number of H-pyrrole nitrogens is 1. The highest BCUT2D eigenvalue weighted by Crippen LogP contribution is 2.44. The van der Waals surface area contributed by atoms with Gasteiger partial charge in [-0.05, 0) is 24.3 Å². The van der Waals surface area contributed by atoms with Gasteiger partial charge in [0.15, 0.2) is 0 Å². The fourth-order valence-electron chi connectivity index (χ4n) is 1.97. The lowest BCUT2D eigenvalue weighted by Gasteiger charge is -2.08. The molecular weight excluding hydrogens is 427 g/mol. The van der Waals surface area contributed by atoms with Crippen molar-refractivity contribution in [2.45, 2.75) is 16.0 Å². The maximum Gasteiger partial charge on any atom is 0.449 e. The van der Waals surface area contributed by atoms with Gasteiger partial charge in [0, 0.05) is 9.92 Å². The predicted molar refractivity (Wildman–Crippen MR) is 91.7 cm³/mol. The molecule has 0 saturated carbocycles. The second kappa shape index (κ2) is 6.50. The third-order valence-electron chi connectivity index (χ3n) is 3.00. The maximum atomic E-state index is 12.9. The van der Waals surface area contributed by atoms with Gasteiger partial charge in [0.05, 0.1) is 25.5 Å². The first kappa shape index (κ1) is 18.0. The van der Waals surface area contributed by atoms with Gasteiger partial charge < -0.3 is 4.98 Å². The van der Waals surface area contributed by atoms with Gasteiger partial charge in [-0.2, -0.15) is 13.2 Å². The van der Waals surface area contributed by atoms with Gasteiger partial charge in [0.2, 0.25) is 5.82 Å². The summed E-state index contributed by atoms with van der Waals surface area (Å²) in [5.74, 6) is -1.15. The van der Waals surface area contributed by atoms with Crippen LogP contribution < -0.4 is 0 Å². The monoisotopic (exact) mass is 430 g/mol. The molecule has 0 aliphatic heterocycles. The van der Waals surface area contributed by atoms with Crippen LogP contribution in [0.15, 0.2) is 34.1 Å². The van der Waals surface area contributed by atoms with Crippen LogP contribution in [-0.4, -0.2) is 9.97 Å². The van der Waals surface area contributed by atoms with Crippen molar-refractivity contribution in [2.75, 3.05) is 0 Å². The van der Waals surface area contributed by atoms with E-state index in [1.807, 2.05) is 0 Å². The molecule has 3 aromatic rings. The van der Waals surface area contributed by atoms with Gasteiger partial charge >= 0.3 is 6.18 Å². The Morgan fingerprint density at radius 1 is 0.958 bits per heavy atom. The molecule has 2 nitrogen and oxygen atoms in total. The van der Waals surface area contributed by atoms with Crippen LogP contribution in [0.2, 0.25) is 20.1 Å². The molecule has 2 aromatic carbocycles. The number of nitrogens with zero attached hydrogens (tertiary/aromatic N) is 1. The van der Waals surface area contributed by atoms with Crippen LogP contribution >= 0.6 is 58.2 Å². The molecule has 0 bridgehead atoms. The minimum Gasteiger partial charge on any atom is -0.333 e. The first-order valence-corrected chi connectivity index (χ1v) is 8.57. The molecule has 0 saturated heterocycles. The molecule has 10 heteroatoms. The summed E-state index contributed by atoms with van der Waals surface area (Å²) < 4.78 is 38.8. The average molecular weight is 432 g/mol. The smallest absolute Gasteiger partial charge is 0.333 e. The molecule has 3 rings (SSSR count). The second-order valence-corrected chi connectivity index (χ2v) is 7.36. The molecular formula is C14H5Cl4F3N2S. The summed E-state index contributed by atoms with van der Waals surface area (Å²) >= 11 is 25.2. The number of aromatic nitrogens is 2. The number of benzene rings is 2. The van der Waals surface area contributed by atoms with E-state index in [-0.39, 0.29) is 21.1 Å². The van der Waals surface area contributed by atoms with E-state index in [0.29, 0.717) is 19.8 Å². The Hall–Kier alpha value is -0.790. The Bertz CT molecular complexity index is 940. The minimum atomic E-state index is -4.63. The van der Waals surface area contributed by atoms with Crippen LogP contribution in [0.25, 0.3) is 11.0 Å². The molecule has 126 valence electrons. The van der Waals surface area contributed by atoms with Crippen molar-refractivity contribution in [1.82, 2.24) is 9.97 Å². The van der Waals surface area contributed by atoms with Crippen LogP contribution in [0, 0.1) is 0 Å². The van der Waals surface area contributed by atoms with Crippen molar-refractivity contribution in [2.24, 2.45) is 0 Å². The Morgan fingerprint density at radius 3 is 2.33 bits per heavy atom. The SMILES string of the molecule is FC(F)(F)c1nc2c(Cl)cc(Cl)c(Sc3cc(Cl)ccc3Cl)c2[nH]1. The molecule has 0 aliphatic carbocycles. The van der Waals surface area contributed by atoms with Crippen molar-refractivity contribution in [3.05, 3.63) is 50.2 Å². The summed E-state index contributed by atoms with van der Waals surface area (Å²) in [6.07, 6.45) is -4.63. The first-order valence-electron chi connectivity index (χ1n) is 6.24. The predicted octanol–water partition coefficient (Wildman–Crippen LogP) is 7.35. The van der Waals surface area contributed by atoms with Crippen LogP contribution in [-0.2, 0) is 6.18 Å². The maximum absolute atomic E-state index is 12.9. The van der Waals surface area contributed by atoms with E-state index in [1.54, 1.807) is 18.2 Å². The molecule has 0 aliphatic rings. The number of fused-ring (bicyclic) bond motifs is 1. The highest BCUT2D eigenvalue weighted by Gasteiger charge is 2.35. The third-order valence-corrected chi connectivity index (χ3v) is 5.56. The van der Waals surface area contributed by atoms with E-state index < -0.39 is 12.0 Å². The van der Waals surface area contributed by atoms with Gasteiger partial charge in [0.25, 0.3) is 0 Å². The number of aromatic amines is 1. The van der Waals surface area contributed by atoms with Gasteiger partial charge in [-0.15, -0.1) is 0 Å². The van der Waals surface area contributed by atoms with Crippen molar-refractivity contribution in [1.29, 1.82) is 0 Å². The van der Waals surface area contributed by atoms with Crippen LogP contribution in [0.5, 0.6) is 0 Å². The van der Waals surface area contributed by atoms with Gasteiger partial charge in [-0.25, -0.2) is 4.98 Å². The van der Waals surface area contributed by atoms with E-state index in [0.717, 1.165) is 11.8 Å². The van der Waals surface area contributed by atoms with Crippen LogP contribution in [0.1, 0.15) is 5.82 Å². The number of rotatable bonds is 2. The summed E-state index contributed by atoms with van der Waals surface area (Å²) in [6.45, 7) is 0. The second-order valence-electron chi connectivity index (χ2n) is 4.65. The number of alkyl halides is 3. The third kappa shape index (κ3) is 3.44. The van der Waals surface area contributed by atoms with E-state index in [9.17, 15) is 13.2 Å². The average Bonchev–Trinajstić information content (AvgIpc) is 2.92. The molecule has 0 spiro atoms. The molecule has 0 amide bonds. The standard InChI is InChI=1S/C14H5Cl4F3N2S/c15-5-1-2-6(16)9(3-5)24-12-8(18)4-7(17)10-11(12)23-13(22-10)14(19,20)21/h1-4H,(H,22,23). The summed E-state index contributed by atoms with van der Waals surface area (Å²) in [5.41, 5.74) is 0.0647. The van der Waals surface area contributed by atoms with Gasteiger partial charge in [-0.3, -0.25) is 0 Å². The molecule has 0 atom stereocenters. The Morgan fingerprint density at radius 2 is 1.67 bits per heavy atom. The van der Waals surface area contributed by atoms with Crippen molar-refractivity contribution >= 4 is 69.2 Å². The number of hydrogen-bond acceptors (Lipinski definition) is 2. The molecule has 0 radical (unpaired) electrons. The van der Waals surface area contributed by atoms with Crippen LogP contribution in [0.3, 0.4) is 0 Å². The summed E-state index contributed by atoms with van der Waals surface area (Å²) in [4.78, 5) is 6.62. The van der Waals surface area contributed by atoms with Gasteiger partial charge in [-0.1, -0.05) is 58.2 Å². The fraction of sp³-hybridized carbons (Fsp3) is 0.0714. The minimum absolute atomic E-state index is 0.0169. The van der Waals surface area contributed by atoms with Crippen molar-refractivity contribution in [3.63, 3.8) is 0 Å². The van der Waals surface area contributed by atoms with Crippen molar-refractivity contribution < 1.29 is 13.2 Å². The fourth-order valence-corrected chi connectivity index (χ4v) is 4.04. The zero-order chi connectivity index (χ0) is 17.6. The lowest BCUT2D eigenvalue weighted by molar-refractivity contribution is -0.144. The summed E-state index contributed by atoms with van der Waals surface area (Å²) in [6, 6.07) is 6.12. The molecule has 1 heterocycles. The van der Waals surface area contributed by atoms with E-state index in [2.05, 4.69) is 9.97 Å². The molecule has 0 unspecified atom stereocenters. The highest BCUT2D eigenvalue weighted by molar-refractivity contribution is 7.99. The normalized spacial score (nSPS) is 12.1. The quantitative estimate of drug-likeness (QED) is 0.459. The van der Waals surface area contributed by atoms with Crippen LogP contribution in [0.4, 0.5) is 13.2 Å². The molecule has 24 heavy (non-hydrogen) atoms. The molecule has 1 N–H and O–H groups in total. The van der Waals surface area contributed by atoms with E-state index in [1.165, 1.54) is 6.07 Å². The number of imidazole rings is 1. The van der Waals surface area contributed by atoms with Gasteiger partial charge in [0.1, 0.15) is 5.52 Å². The highest BCUT2D eigenvalue weighted by atomic mass is 35.5. The van der Waals surface area contributed by atoms with Crippen molar-refractivity contribution in [3.8, 4) is 0 Å². The first-order chi connectivity index (χ1) is 11.2. The number of nitrogens with one attached hydrogen (secondary N) is 1. The molecule has 1 aromatic heterocycles. The Balaban J connectivity index is 2.20. The number of halogens is 7. The Kier molecular flexibility index (Phi) is 4.88. The zero-order valence-electron chi connectivity index (χ0n) is 11.3. The lowest BCUT2D eigenvalue weighted by atomic mass is 10.3. The lowest BCUT2D eigenvalue weighted by Crippen LogP contribution is -2.06. The Labute approximate surface area is 158 Å². The van der Waals surface area contributed by atoms with E-state index >= 15 is 0 Å². The number of hydrogen-bond donors (Lipinski definition) is 1. The van der Waals surface area contributed by atoms with E-state index in [4.69, 9.17) is 46.4 Å². The topological polar surface area (TPSA) is 28.7 Å². The summed E-state index contributed by atoms with van der Waals surface area (Å²) in [7, 11) is 0. The molecule has 0 fully saturated rings.